The van der Waals surface area contributed by atoms with Crippen molar-refractivity contribution in [3.8, 4) is 11.8 Å². The summed E-state index contributed by atoms with van der Waals surface area (Å²) in [5.74, 6) is 5.23. The van der Waals surface area contributed by atoms with Crippen molar-refractivity contribution in [3.63, 3.8) is 0 Å². The molecule has 2 saturated heterocycles. The number of likely N-dealkylation sites (tertiary alicyclic amines) is 1. The van der Waals surface area contributed by atoms with Crippen molar-refractivity contribution in [2.75, 3.05) is 32.9 Å². The van der Waals surface area contributed by atoms with Gasteiger partial charge in [-0.05, 0) is 67.9 Å². The standard InChI is InChI=1S/C26H31NO5/c1-4-5-19-12-17(2)23(18(3)13-19)24-20(28)14-26(15-21(24)29)6-8-27(9-7-26)25(30)22-16-31-10-11-32-22/h12-13,22,24H,6-11,14-16H2,1-3H3. The van der Waals surface area contributed by atoms with Gasteiger partial charge in [0.25, 0.3) is 5.91 Å². The number of carbonyl (C=O) groups excluding carboxylic acids is 3. The quantitative estimate of drug-likeness (QED) is 0.526. The Morgan fingerprint density at radius 2 is 1.69 bits per heavy atom. The fourth-order valence-electron chi connectivity index (χ4n) is 5.54. The molecule has 1 amide bonds. The molecule has 1 spiro atoms. The van der Waals surface area contributed by atoms with Crippen LogP contribution in [0.25, 0.3) is 0 Å². The molecule has 170 valence electrons. The number of carbonyl (C=O) groups is 3. The fourth-order valence-corrected chi connectivity index (χ4v) is 5.54. The van der Waals surface area contributed by atoms with Gasteiger partial charge in [0.2, 0.25) is 0 Å². The van der Waals surface area contributed by atoms with Gasteiger partial charge in [0.05, 0.1) is 19.8 Å². The van der Waals surface area contributed by atoms with Gasteiger partial charge in [0.15, 0.2) is 6.10 Å². The van der Waals surface area contributed by atoms with Crippen LogP contribution in [0.2, 0.25) is 0 Å². The number of ether oxygens (including phenoxy) is 2. The summed E-state index contributed by atoms with van der Waals surface area (Å²) >= 11 is 0. The lowest BCUT2D eigenvalue weighted by molar-refractivity contribution is -0.160. The zero-order valence-corrected chi connectivity index (χ0v) is 19.2. The van der Waals surface area contributed by atoms with Crippen LogP contribution in [0.4, 0.5) is 0 Å². The predicted octanol–water partition coefficient (Wildman–Crippen LogP) is 2.71. The van der Waals surface area contributed by atoms with Gasteiger partial charge in [0.1, 0.15) is 17.5 Å². The third kappa shape index (κ3) is 4.37. The summed E-state index contributed by atoms with van der Waals surface area (Å²) in [6.07, 6.45) is 1.58. The van der Waals surface area contributed by atoms with E-state index in [0.717, 1.165) is 22.3 Å². The molecule has 1 aliphatic carbocycles. The Morgan fingerprint density at radius 3 is 2.22 bits per heavy atom. The summed E-state index contributed by atoms with van der Waals surface area (Å²) < 4.78 is 10.9. The van der Waals surface area contributed by atoms with E-state index < -0.39 is 12.0 Å². The molecule has 32 heavy (non-hydrogen) atoms. The third-order valence-corrected chi connectivity index (χ3v) is 7.12. The van der Waals surface area contributed by atoms with E-state index in [2.05, 4.69) is 11.8 Å². The summed E-state index contributed by atoms with van der Waals surface area (Å²) in [5.41, 5.74) is 3.31. The number of ketones is 2. The highest BCUT2D eigenvalue weighted by atomic mass is 16.6. The second-order valence-electron chi connectivity index (χ2n) is 9.38. The van der Waals surface area contributed by atoms with Crippen LogP contribution in [0.15, 0.2) is 12.1 Å². The lowest BCUT2D eigenvalue weighted by Gasteiger charge is -2.45. The minimum atomic E-state index is -0.684. The van der Waals surface area contributed by atoms with Crippen molar-refractivity contribution < 1.29 is 23.9 Å². The number of hydrogen-bond donors (Lipinski definition) is 0. The highest BCUT2D eigenvalue weighted by Crippen LogP contribution is 2.46. The molecule has 2 aliphatic heterocycles. The van der Waals surface area contributed by atoms with Crippen LogP contribution in [-0.4, -0.2) is 61.4 Å². The normalized spacial score (nSPS) is 23.7. The molecule has 6 heteroatoms. The molecule has 1 aromatic carbocycles. The topological polar surface area (TPSA) is 72.9 Å². The van der Waals surface area contributed by atoms with Crippen LogP contribution in [0.5, 0.6) is 0 Å². The monoisotopic (exact) mass is 437 g/mol. The molecular formula is C26H31NO5. The number of rotatable bonds is 2. The Kier molecular flexibility index (Phi) is 6.50. The van der Waals surface area contributed by atoms with Crippen molar-refractivity contribution in [2.24, 2.45) is 5.41 Å². The van der Waals surface area contributed by atoms with E-state index in [1.54, 1.807) is 11.8 Å². The van der Waals surface area contributed by atoms with Gasteiger partial charge in [0, 0.05) is 31.5 Å². The average Bonchev–Trinajstić information content (AvgIpc) is 2.76. The van der Waals surface area contributed by atoms with E-state index >= 15 is 0 Å². The van der Waals surface area contributed by atoms with E-state index in [-0.39, 0.29) is 22.9 Å². The zero-order valence-electron chi connectivity index (χ0n) is 19.2. The minimum absolute atomic E-state index is 0.00515. The summed E-state index contributed by atoms with van der Waals surface area (Å²) in [4.78, 5) is 41.1. The van der Waals surface area contributed by atoms with E-state index in [9.17, 15) is 14.4 Å². The number of nitrogens with zero attached hydrogens (tertiary/aromatic N) is 1. The first-order valence-electron chi connectivity index (χ1n) is 11.4. The van der Waals surface area contributed by atoms with Crippen LogP contribution >= 0.6 is 0 Å². The van der Waals surface area contributed by atoms with Crippen molar-refractivity contribution in [3.05, 3.63) is 34.4 Å². The van der Waals surface area contributed by atoms with Crippen LogP contribution < -0.4 is 0 Å². The van der Waals surface area contributed by atoms with Gasteiger partial charge in [-0.3, -0.25) is 14.4 Å². The minimum Gasteiger partial charge on any atom is -0.376 e. The molecule has 1 atom stereocenters. The Morgan fingerprint density at radius 1 is 1.06 bits per heavy atom. The summed E-state index contributed by atoms with van der Waals surface area (Å²) in [6.45, 7) is 8.04. The van der Waals surface area contributed by atoms with Crippen LogP contribution in [-0.2, 0) is 23.9 Å². The number of piperidine rings is 1. The second kappa shape index (κ2) is 9.17. The molecule has 1 saturated carbocycles. The molecule has 2 heterocycles. The van der Waals surface area contributed by atoms with E-state index in [1.807, 2.05) is 26.0 Å². The summed E-state index contributed by atoms with van der Waals surface area (Å²) in [6, 6.07) is 3.93. The Labute approximate surface area is 189 Å². The Hall–Kier alpha value is -2.49. The lowest BCUT2D eigenvalue weighted by atomic mass is 9.62. The molecule has 3 aliphatic rings. The molecule has 4 rings (SSSR count). The van der Waals surface area contributed by atoms with Gasteiger partial charge in [-0.2, -0.15) is 0 Å². The second-order valence-corrected chi connectivity index (χ2v) is 9.38. The van der Waals surface area contributed by atoms with E-state index in [1.165, 1.54) is 0 Å². The first kappa shape index (κ1) is 22.7. The van der Waals surface area contributed by atoms with Gasteiger partial charge in [-0.15, -0.1) is 5.92 Å². The van der Waals surface area contributed by atoms with Crippen LogP contribution in [0, 0.1) is 31.1 Å². The molecule has 0 bridgehead atoms. The highest BCUT2D eigenvalue weighted by Gasteiger charge is 2.48. The molecular weight excluding hydrogens is 406 g/mol. The Balaban J connectivity index is 1.46. The molecule has 0 N–H and O–H groups in total. The summed E-state index contributed by atoms with van der Waals surface area (Å²) in [5, 5.41) is 0. The molecule has 1 unspecified atom stereocenters. The molecule has 0 radical (unpaired) electrons. The van der Waals surface area contributed by atoms with Gasteiger partial charge < -0.3 is 14.4 Å². The maximum atomic E-state index is 13.3. The van der Waals surface area contributed by atoms with Crippen LogP contribution in [0.1, 0.15) is 60.8 Å². The number of amides is 1. The number of Topliss-reactive ketones (excluding diaryl/α,β-unsaturated/α-hetero) is 2. The molecule has 1 aromatic rings. The van der Waals surface area contributed by atoms with Gasteiger partial charge >= 0.3 is 0 Å². The molecule has 6 nitrogen and oxygen atoms in total. The number of benzene rings is 1. The highest BCUT2D eigenvalue weighted by molar-refractivity contribution is 6.10. The Bertz CT molecular complexity index is 944. The van der Waals surface area contributed by atoms with E-state index in [4.69, 9.17) is 9.47 Å². The average molecular weight is 438 g/mol. The predicted molar refractivity (Wildman–Crippen MR) is 119 cm³/mol. The zero-order chi connectivity index (χ0) is 22.9. The maximum Gasteiger partial charge on any atom is 0.254 e. The third-order valence-electron chi connectivity index (χ3n) is 7.12. The molecule has 0 aromatic heterocycles. The first-order chi connectivity index (χ1) is 15.3. The van der Waals surface area contributed by atoms with Gasteiger partial charge in [-0.25, -0.2) is 0 Å². The number of aryl methyl sites for hydroxylation is 2. The van der Waals surface area contributed by atoms with Crippen molar-refractivity contribution in [2.45, 2.75) is 58.5 Å². The van der Waals surface area contributed by atoms with Crippen LogP contribution in [0.3, 0.4) is 0 Å². The van der Waals surface area contributed by atoms with E-state index in [0.29, 0.717) is 58.6 Å². The lowest BCUT2D eigenvalue weighted by Crippen LogP contribution is -2.52. The largest absolute Gasteiger partial charge is 0.376 e. The fraction of sp³-hybridized carbons (Fsp3) is 0.577. The van der Waals surface area contributed by atoms with Crippen molar-refractivity contribution in [1.82, 2.24) is 4.90 Å². The number of hydrogen-bond acceptors (Lipinski definition) is 5. The smallest absolute Gasteiger partial charge is 0.254 e. The molecule has 3 fully saturated rings. The van der Waals surface area contributed by atoms with Gasteiger partial charge in [-0.1, -0.05) is 5.92 Å². The summed E-state index contributed by atoms with van der Waals surface area (Å²) in [7, 11) is 0. The van der Waals surface area contributed by atoms with Crippen molar-refractivity contribution >= 4 is 17.5 Å². The first-order valence-corrected chi connectivity index (χ1v) is 11.4. The maximum absolute atomic E-state index is 13.3. The van der Waals surface area contributed by atoms with Crippen molar-refractivity contribution in [1.29, 1.82) is 0 Å². The SMILES string of the molecule is CC#Cc1cc(C)c(C2C(=O)CC3(CCN(C(=O)C4COCCO4)CC3)CC2=O)c(C)c1.